The molecule has 0 saturated carbocycles. The normalized spacial score (nSPS) is 12.1. The van der Waals surface area contributed by atoms with Gasteiger partial charge in [-0.15, -0.1) is 0 Å². The first-order chi connectivity index (χ1) is 9.87. The van der Waals surface area contributed by atoms with Crippen LogP contribution < -0.4 is 11.5 Å². The Bertz CT molecular complexity index is 333. The maximum atomic E-state index is 5.81. The van der Waals surface area contributed by atoms with Gasteiger partial charge in [0.15, 0.2) is 10.2 Å². The van der Waals surface area contributed by atoms with Gasteiger partial charge in [-0.05, 0) is 78.8 Å². The molecule has 0 aliphatic carbocycles. The first kappa shape index (κ1) is 21.4. The molecular formula is C16H34N4S2. The lowest BCUT2D eigenvalue weighted by atomic mass is 10.0. The Morgan fingerprint density at radius 3 is 1.14 bits per heavy atom. The highest BCUT2D eigenvalue weighted by atomic mass is 32.1. The smallest absolute Gasteiger partial charge is 0.166 e. The van der Waals surface area contributed by atoms with Crippen molar-refractivity contribution >= 4 is 34.7 Å². The molecule has 0 aromatic heterocycles. The molecule has 130 valence electrons. The van der Waals surface area contributed by atoms with Gasteiger partial charge < -0.3 is 21.3 Å². The zero-order valence-corrected chi connectivity index (χ0v) is 16.7. The molecule has 0 saturated heterocycles. The van der Waals surface area contributed by atoms with E-state index in [2.05, 4.69) is 51.3 Å². The van der Waals surface area contributed by atoms with Crippen LogP contribution in [0.3, 0.4) is 0 Å². The molecule has 0 bridgehead atoms. The van der Waals surface area contributed by atoms with Crippen LogP contribution in [0.4, 0.5) is 0 Å². The van der Waals surface area contributed by atoms with Gasteiger partial charge in [0, 0.05) is 24.2 Å². The van der Waals surface area contributed by atoms with Gasteiger partial charge in [0.05, 0.1) is 0 Å². The minimum absolute atomic E-state index is 0.0133. The van der Waals surface area contributed by atoms with Crippen LogP contribution in [-0.4, -0.2) is 44.2 Å². The average molecular weight is 347 g/mol. The van der Waals surface area contributed by atoms with E-state index in [0.29, 0.717) is 10.2 Å². The first-order valence-electron chi connectivity index (χ1n) is 8.01. The van der Waals surface area contributed by atoms with Crippen molar-refractivity contribution in [2.24, 2.45) is 11.5 Å². The Hall–Kier alpha value is -0.620. The summed E-state index contributed by atoms with van der Waals surface area (Å²) in [6.07, 6.45) is 4.50. The molecule has 0 aromatic carbocycles. The second kappa shape index (κ2) is 8.87. The van der Waals surface area contributed by atoms with Gasteiger partial charge in [0.25, 0.3) is 0 Å². The molecule has 0 fully saturated rings. The maximum Gasteiger partial charge on any atom is 0.166 e. The largest absolute Gasteiger partial charge is 0.376 e. The summed E-state index contributed by atoms with van der Waals surface area (Å²) in [5.41, 5.74) is 11.6. The zero-order valence-electron chi connectivity index (χ0n) is 15.1. The van der Waals surface area contributed by atoms with Gasteiger partial charge in [-0.3, -0.25) is 0 Å². The van der Waals surface area contributed by atoms with Crippen LogP contribution in [0.2, 0.25) is 0 Å². The molecule has 4 nitrogen and oxygen atoms in total. The van der Waals surface area contributed by atoms with Crippen LogP contribution in [0.25, 0.3) is 0 Å². The van der Waals surface area contributed by atoms with E-state index >= 15 is 0 Å². The second-order valence-electron chi connectivity index (χ2n) is 7.74. The molecule has 0 atom stereocenters. The Labute approximate surface area is 147 Å². The third-order valence-corrected chi connectivity index (χ3v) is 4.11. The fourth-order valence-corrected chi connectivity index (χ4v) is 3.18. The highest BCUT2D eigenvalue weighted by molar-refractivity contribution is 7.80. The third kappa shape index (κ3) is 8.13. The van der Waals surface area contributed by atoms with Crippen molar-refractivity contribution in [2.45, 2.75) is 78.3 Å². The van der Waals surface area contributed by atoms with Crippen molar-refractivity contribution in [2.75, 3.05) is 13.1 Å². The summed E-state index contributed by atoms with van der Waals surface area (Å²) in [7, 11) is 0. The van der Waals surface area contributed by atoms with E-state index in [1.807, 2.05) is 0 Å². The Balaban J connectivity index is 4.08. The summed E-state index contributed by atoms with van der Waals surface area (Å²) in [5.74, 6) is 0. The van der Waals surface area contributed by atoms with Crippen LogP contribution in [0.1, 0.15) is 67.2 Å². The lowest BCUT2D eigenvalue weighted by Gasteiger charge is -2.37. The molecule has 0 aromatic rings. The van der Waals surface area contributed by atoms with Crippen LogP contribution in [0.5, 0.6) is 0 Å². The van der Waals surface area contributed by atoms with Crippen molar-refractivity contribution in [1.29, 1.82) is 0 Å². The number of hydrogen-bond acceptors (Lipinski definition) is 2. The second-order valence-corrected chi connectivity index (χ2v) is 8.57. The molecule has 0 rings (SSSR count). The third-order valence-electron chi connectivity index (χ3n) is 3.67. The minimum atomic E-state index is -0.0133. The van der Waals surface area contributed by atoms with Crippen molar-refractivity contribution < 1.29 is 0 Å². The Morgan fingerprint density at radius 2 is 0.955 bits per heavy atom. The molecule has 22 heavy (non-hydrogen) atoms. The molecular weight excluding hydrogens is 312 g/mol. The number of nitrogens with two attached hydrogens (primary N) is 2. The number of nitrogens with zero attached hydrogens (tertiary/aromatic N) is 2. The highest BCUT2D eigenvalue weighted by Gasteiger charge is 2.22. The van der Waals surface area contributed by atoms with Crippen LogP contribution in [0.15, 0.2) is 0 Å². The standard InChI is InChI=1S/C16H34N4S2/c1-15(2,3)19(13(17)21)11-9-7-8-10-12-20(14(18)22)16(4,5)6/h7-12H2,1-6H3,(H2,17,21)(H2,18,22). The van der Waals surface area contributed by atoms with Crippen LogP contribution >= 0.6 is 24.4 Å². The monoisotopic (exact) mass is 346 g/mol. The SMILES string of the molecule is CC(C)(C)N(CCCCCCN(C(N)=S)C(C)(C)C)C(N)=S. The fraction of sp³-hybridized carbons (Fsp3) is 0.875. The van der Waals surface area contributed by atoms with Gasteiger partial charge >= 0.3 is 0 Å². The minimum Gasteiger partial charge on any atom is -0.376 e. The highest BCUT2D eigenvalue weighted by Crippen LogP contribution is 2.16. The van der Waals surface area contributed by atoms with Gasteiger partial charge in [-0.25, -0.2) is 0 Å². The number of hydrogen-bond donors (Lipinski definition) is 2. The molecule has 0 spiro atoms. The van der Waals surface area contributed by atoms with E-state index in [4.69, 9.17) is 35.9 Å². The summed E-state index contributed by atoms with van der Waals surface area (Å²) in [6, 6.07) is 0. The molecule has 0 aliphatic rings. The average Bonchev–Trinajstić information content (AvgIpc) is 2.27. The lowest BCUT2D eigenvalue weighted by molar-refractivity contribution is 0.226. The van der Waals surface area contributed by atoms with Crippen molar-refractivity contribution in [1.82, 2.24) is 9.80 Å². The van der Waals surface area contributed by atoms with E-state index in [1.165, 1.54) is 0 Å². The predicted molar refractivity (Wildman–Crippen MR) is 105 cm³/mol. The summed E-state index contributed by atoms with van der Waals surface area (Å²) in [5, 5.41) is 0.972. The van der Waals surface area contributed by atoms with E-state index < -0.39 is 0 Å². The molecule has 0 aliphatic heterocycles. The summed E-state index contributed by atoms with van der Waals surface area (Å²) >= 11 is 10.3. The molecule has 6 heteroatoms. The summed E-state index contributed by atoms with van der Waals surface area (Å²) in [4.78, 5) is 4.19. The maximum absolute atomic E-state index is 5.81. The van der Waals surface area contributed by atoms with E-state index in [0.717, 1.165) is 38.8 Å². The van der Waals surface area contributed by atoms with Crippen LogP contribution in [-0.2, 0) is 0 Å². The lowest BCUT2D eigenvalue weighted by Crippen LogP contribution is -2.49. The van der Waals surface area contributed by atoms with E-state index in [-0.39, 0.29) is 11.1 Å². The molecule has 0 radical (unpaired) electrons. The molecule has 0 unspecified atom stereocenters. The Morgan fingerprint density at radius 1 is 0.682 bits per heavy atom. The van der Waals surface area contributed by atoms with Crippen molar-refractivity contribution in [3.05, 3.63) is 0 Å². The quantitative estimate of drug-likeness (QED) is 0.545. The summed E-state index contributed by atoms with van der Waals surface area (Å²) < 4.78 is 0. The van der Waals surface area contributed by atoms with E-state index in [1.54, 1.807) is 0 Å². The number of rotatable bonds is 7. The first-order valence-corrected chi connectivity index (χ1v) is 8.83. The fourth-order valence-electron chi connectivity index (χ4n) is 2.45. The number of thiocarbonyl (C=S) groups is 2. The van der Waals surface area contributed by atoms with Gasteiger partial charge in [-0.1, -0.05) is 12.8 Å². The molecule has 4 N–H and O–H groups in total. The van der Waals surface area contributed by atoms with Gasteiger partial charge in [0.1, 0.15) is 0 Å². The van der Waals surface area contributed by atoms with Crippen LogP contribution in [0, 0.1) is 0 Å². The molecule has 0 amide bonds. The predicted octanol–water partition coefficient (Wildman–Crippen LogP) is 3.24. The molecule has 0 heterocycles. The van der Waals surface area contributed by atoms with Gasteiger partial charge in [-0.2, -0.15) is 0 Å². The van der Waals surface area contributed by atoms with Gasteiger partial charge in [0.2, 0.25) is 0 Å². The van der Waals surface area contributed by atoms with Crippen molar-refractivity contribution in [3.8, 4) is 0 Å². The van der Waals surface area contributed by atoms with E-state index in [9.17, 15) is 0 Å². The zero-order chi connectivity index (χ0) is 17.6. The van der Waals surface area contributed by atoms with Crippen molar-refractivity contribution in [3.63, 3.8) is 0 Å². The number of unbranched alkanes of at least 4 members (excludes halogenated alkanes) is 3. The topological polar surface area (TPSA) is 58.5 Å². The Kier molecular flexibility index (Phi) is 8.62. The summed E-state index contributed by atoms with van der Waals surface area (Å²) in [6.45, 7) is 14.6.